The maximum absolute atomic E-state index is 13.8. The van der Waals surface area contributed by atoms with E-state index in [4.69, 9.17) is 23.0 Å². The Labute approximate surface area is 408 Å². The number of phosphoric ester groups is 2. The van der Waals surface area contributed by atoms with Crippen LogP contribution >= 0.6 is 15.6 Å². The van der Waals surface area contributed by atoms with E-state index in [1.54, 1.807) is 12.2 Å². The fourth-order valence-electron chi connectivity index (χ4n) is 7.52. The molecule has 2 rings (SSSR count). The molecule has 2 bridgehead atoms. The highest BCUT2D eigenvalue weighted by Gasteiger charge is 2.50. The van der Waals surface area contributed by atoms with Gasteiger partial charge in [-0.25, -0.2) is 9.13 Å². The third kappa shape index (κ3) is 27.5. The molecule has 11 atom stereocenters. The van der Waals surface area contributed by atoms with Gasteiger partial charge in [0.05, 0.1) is 30.8 Å². The van der Waals surface area contributed by atoms with Gasteiger partial charge in [0.25, 0.3) is 0 Å². The van der Waals surface area contributed by atoms with Gasteiger partial charge in [0.15, 0.2) is 11.9 Å². The summed E-state index contributed by atoms with van der Waals surface area (Å²) in [5.74, 6) is -5.35. The van der Waals surface area contributed by atoms with Gasteiger partial charge in [-0.2, -0.15) is 0 Å². The van der Waals surface area contributed by atoms with Crippen molar-refractivity contribution in [2.75, 3.05) is 13.2 Å². The van der Waals surface area contributed by atoms with Gasteiger partial charge in [-0.15, -0.1) is 0 Å². The zero-order chi connectivity index (χ0) is 51.1. The van der Waals surface area contributed by atoms with Crippen LogP contribution in [-0.2, 0) is 46.6 Å². The SMILES string of the molecule is CCCCC/C=C\C/C=C\C/C=C\CCCCCCC(=O)O[C@@H]1COC(=O)CCC/C=C\C[C@H]2/C=C\C(=O)[C@H](/C=C/[C@@H](O)CCCCC)[C@@H](O)[C@@H](OP(=O)(O)O)[C@@H](OP(=O)(O)OC1)[C@H](O)[C@@H](O)[C@@H]2O. The predicted molar refractivity (Wildman–Crippen MR) is 259 cm³/mol. The quantitative estimate of drug-likeness (QED) is 0.0205. The summed E-state index contributed by atoms with van der Waals surface area (Å²) in [6.07, 6.45) is 16.5. The molecule has 0 fully saturated rings. The minimum Gasteiger partial charge on any atom is -0.462 e. The minimum atomic E-state index is -5.76. The fourth-order valence-corrected chi connectivity index (χ4v) is 9.05. The molecule has 0 saturated heterocycles. The first-order valence-electron chi connectivity index (χ1n) is 24.5. The van der Waals surface area contributed by atoms with E-state index in [0.29, 0.717) is 32.1 Å². The molecule has 0 aromatic rings. The van der Waals surface area contributed by atoms with Crippen molar-refractivity contribution in [3.63, 3.8) is 0 Å². The van der Waals surface area contributed by atoms with E-state index in [1.807, 2.05) is 6.92 Å². The lowest BCUT2D eigenvalue weighted by Gasteiger charge is -2.38. The smallest absolute Gasteiger partial charge is 0.462 e. The van der Waals surface area contributed by atoms with Crippen molar-refractivity contribution in [3.05, 3.63) is 72.9 Å². The second kappa shape index (κ2) is 35.2. The molecule has 0 aromatic heterocycles. The number of carbonyl (C=O) groups excluding carboxylic acids is 3. The van der Waals surface area contributed by atoms with Crippen molar-refractivity contribution < 1.29 is 86.8 Å². The third-order valence-corrected chi connectivity index (χ3v) is 13.0. The molecule has 0 spiro atoms. The van der Waals surface area contributed by atoms with Gasteiger partial charge < -0.3 is 49.7 Å². The number of esters is 2. The summed E-state index contributed by atoms with van der Waals surface area (Å²) in [5, 5.41) is 56.6. The van der Waals surface area contributed by atoms with Crippen LogP contribution in [0.4, 0.5) is 0 Å². The third-order valence-electron chi connectivity index (χ3n) is 11.5. The maximum Gasteiger partial charge on any atom is 0.472 e. The summed E-state index contributed by atoms with van der Waals surface area (Å²) in [7, 11) is -11.4. The molecule has 2 aliphatic rings. The summed E-state index contributed by atoms with van der Waals surface area (Å²) in [6, 6.07) is 0. The molecule has 0 aromatic carbocycles. The lowest BCUT2D eigenvalue weighted by atomic mass is 9.87. The van der Waals surface area contributed by atoms with E-state index in [2.05, 4.69) is 43.4 Å². The zero-order valence-electron chi connectivity index (χ0n) is 40.3. The Balaban J connectivity index is 2.29. The lowest BCUT2D eigenvalue weighted by molar-refractivity contribution is -0.163. The number of hydrogen-bond donors (Lipinski definition) is 8. The minimum absolute atomic E-state index is 0.0501. The second-order valence-electron chi connectivity index (χ2n) is 17.5. The van der Waals surface area contributed by atoms with Crippen molar-refractivity contribution in [3.8, 4) is 0 Å². The molecule has 69 heavy (non-hydrogen) atoms. The summed E-state index contributed by atoms with van der Waals surface area (Å²) < 4.78 is 52.1. The number of ether oxygens (including phenoxy) is 2. The van der Waals surface area contributed by atoms with Crippen LogP contribution < -0.4 is 0 Å². The van der Waals surface area contributed by atoms with Crippen molar-refractivity contribution in [2.24, 2.45) is 11.8 Å². The summed E-state index contributed by atoms with van der Waals surface area (Å²) >= 11 is 0. The number of allylic oxidation sites excluding steroid dienone is 9. The van der Waals surface area contributed by atoms with E-state index >= 15 is 0 Å². The van der Waals surface area contributed by atoms with Crippen LogP contribution in [0.3, 0.4) is 0 Å². The van der Waals surface area contributed by atoms with E-state index in [0.717, 1.165) is 63.5 Å². The van der Waals surface area contributed by atoms with Gasteiger partial charge in [0.1, 0.15) is 31.0 Å². The van der Waals surface area contributed by atoms with Crippen LogP contribution in [0, 0.1) is 11.8 Å². The van der Waals surface area contributed by atoms with Gasteiger partial charge in [-0.05, 0) is 76.7 Å². The highest BCUT2D eigenvalue weighted by molar-refractivity contribution is 7.47. The maximum atomic E-state index is 13.8. The molecule has 1 heterocycles. The van der Waals surface area contributed by atoms with Crippen molar-refractivity contribution in [2.45, 2.75) is 191 Å². The average molecular weight is 1020 g/mol. The molecule has 8 N–H and O–H groups in total. The van der Waals surface area contributed by atoms with E-state index in [1.165, 1.54) is 31.4 Å². The number of unbranched alkanes of at least 4 members (excludes halogenated alkanes) is 9. The van der Waals surface area contributed by atoms with Crippen LogP contribution in [0.1, 0.15) is 142 Å². The highest BCUT2D eigenvalue weighted by atomic mass is 31.2. The molecule has 1 aliphatic carbocycles. The molecule has 394 valence electrons. The lowest BCUT2D eigenvalue weighted by Crippen LogP contribution is -2.56. The Morgan fingerprint density at radius 3 is 2.14 bits per heavy atom. The molecule has 0 radical (unpaired) electrons. The second-order valence-corrected chi connectivity index (χ2v) is 20.1. The average Bonchev–Trinajstić information content (AvgIpc) is 3.30. The first-order chi connectivity index (χ1) is 32.9. The van der Waals surface area contributed by atoms with E-state index in [-0.39, 0.29) is 25.7 Å². The van der Waals surface area contributed by atoms with Gasteiger partial charge in [-0.1, -0.05) is 126 Å². The van der Waals surface area contributed by atoms with E-state index in [9.17, 15) is 63.7 Å². The van der Waals surface area contributed by atoms with Crippen LogP contribution in [0.15, 0.2) is 72.9 Å². The molecular formula is C49H80O18P2. The molecular weight excluding hydrogens is 938 g/mol. The monoisotopic (exact) mass is 1020 g/mol. The van der Waals surface area contributed by atoms with E-state index < -0.39 is 107 Å². The summed E-state index contributed by atoms with van der Waals surface area (Å²) in [5.41, 5.74) is 0. The first-order valence-corrected chi connectivity index (χ1v) is 27.6. The fraction of sp³-hybridized carbons (Fsp3) is 0.694. The number of cyclic esters (lactones) is 1. The topological polar surface area (TPSA) is 293 Å². The van der Waals surface area contributed by atoms with Crippen LogP contribution in [0.2, 0.25) is 0 Å². The van der Waals surface area contributed by atoms with Crippen molar-refractivity contribution in [1.82, 2.24) is 0 Å². The zero-order valence-corrected chi connectivity index (χ0v) is 42.1. The molecule has 0 saturated carbocycles. The molecule has 0 amide bonds. The van der Waals surface area contributed by atoms with Gasteiger partial charge in [0, 0.05) is 18.8 Å². The largest absolute Gasteiger partial charge is 0.472 e. The van der Waals surface area contributed by atoms with Crippen molar-refractivity contribution in [1.29, 1.82) is 0 Å². The predicted octanol–water partition coefficient (Wildman–Crippen LogP) is 7.23. The van der Waals surface area contributed by atoms with Crippen molar-refractivity contribution >= 4 is 33.4 Å². The first kappa shape index (κ1) is 62.2. The van der Waals surface area contributed by atoms with Crippen LogP contribution in [0.5, 0.6) is 0 Å². The number of hydrogen-bond acceptors (Lipinski definition) is 15. The number of aliphatic hydroxyl groups excluding tert-OH is 5. The van der Waals surface area contributed by atoms with Gasteiger partial charge in [0.2, 0.25) is 0 Å². The van der Waals surface area contributed by atoms with Gasteiger partial charge >= 0.3 is 27.6 Å². The normalized spacial score (nSPS) is 30.0. The molecule has 20 heteroatoms. The Morgan fingerprint density at radius 1 is 0.841 bits per heavy atom. The molecule has 1 aliphatic heterocycles. The highest BCUT2D eigenvalue weighted by Crippen LogP contribution is 2.49. The van der Waals surface area contributed by atoms with Gasteiger partial charge in [-0.3, -0.25) is 28.0 Å². The number of fused-ring (bicyclic) bond motifs is 4. The summed E-state index contributed by atoms with van der Waals surface area (Å²) in [6.45, 7) is 2.55. The Kier molecular flexibility index (Phi) is 31.8. The Bertz CT molecular complexity index is 1760. The molecule has 1 unspecified atom stereocenters. The molecule has 18 nitrogen and oxygen atoms in total. The standard InChI is InChI=1S/C49H80O18P2/c1-3-5-7-8-9-10-11-12-13-14-15-16-17-18-19-20-26-30-43(53)65-39-35-63-42(52)29-25-22-21-24-27-37-31-34-41(51)40(33-32-38(50)28-23-6-4-2)45(55)48(66-68(58,59)60)49(47(57)46(56)44(37)54)67-69(61,62)64-36-39/h9-10,12-13,15-16,21,24,31-34,37-40,44-50,54-57H,3-8,11,14,17-20,22-23,25-30,35-36H2,1-2H3,(H,61,62)(H2,58,59,60)/b10-9-,13-12-,16-15-,24-21-,33-32+,34-31-/t37-,38-,39+,40-,44+,45+,46-,47+,48+,49-/m0/s1. The van der Waals surface area contributed by atoms with Crippen LogP contribution in [-0.4, -0.2) is 120 Å². The number of carbonyl (C=O) groups is 3. The summed E-state index contributed by atoms with van der Waals surface area (Å²) in [4.78, 5) is 70.4. The number of ketones is 1. The Morgan fingerprint density at radius 2 is 1.48 bits per heavy atom. The Hall–Kier alpha value is -2.93. The number of rotatable bonds is 24. The number of aliphatic hydroxyl groups is 5. The number of phosphoric acid groups is 2. The van der Waals surface area contributed by atoms with Crippen LogP contribution in [0.25, 0.3) is 0 Å².